The number of hydrogen-bond acceptors (Lipinski definition) is 5. The standard InChI is InChI=1S/C16H22N4OS.2ClH/c1-11(2)20(3)13-6-4-5-12(9-13)18-16(21)14-10-22-15(19-14)7-8-17;;/h4-6,9-11H,7-8,17H2,1-3H3,(H,18,21);2*1H. The highest BCUT2D eigenvalue weighted by atomic mass is 35.5. The molecule has 0 saturated carbocycles. The van der Waals surface area contributed by atoms with Crippen LogP contribution < -0.4 is 16.0 Å². The van der Waals surface area contributed by atoms with Crippen LogP contribution in [0.15, 0.2) is 29.6 Å². The molecular formula is C16H24Cl2N4OS. The van der Waals surface area contributed by atoms with E-state index < -0.39 is 0 Å². The first-order chi connectivity index (χ1) is 10.5. The van der Waals surface area contributed by atoms with Gasteiger partial charge in [-0.15, -0.1) is 36.2 Å². The predicted octanol–water partition coefficient (Wildman–Crippen LogP) is 3.58. The van der Waals surface area contributed by atoms with E-state index in [1.807, 2.05) is 31.3 Å². The van der Waals surface area contributed by atoms with Crippen LogP contribution in [0.25, 0.3) is 0 Å². The second-order valence-corrected chi connectivity index (χ2v) is 6.32. The minimum atomic E-state index is -0.191. The number of nitrogens with one attached hydrogen (secondary N) is 1. The van der Waals surface area contributed by atoms with E-state index in [1.165, 1.54) is 11.3 Å². The molecule has 0 aliphatic carbocycles. The SMILES string of the molecule is CC(C)N(C)c1cccc(NC(=O)c2csc(CCN)n2)c1.Cl.Cl. The van der Waals surface area contributed by atoms with Gasteiger partial charge in [-0.05, 0) is 38.6 Å². The van der Waals surface area contributed by atoms with Crippen molar-refractivity contribution in [3.8, 4) is 0 Å². The Labute approximate surface area is 159 Å². The van der Waals surface area contributed by atoms with Crippen LogP contribution in [0.5, 0.6) is 0 Å². The Hall–Kier alpha value is -1.34. The molecule has 24 heavy (non-hydrogen) atoms. The molecule has 1 amide bonds. The van der Waals surface area contributed by atoms with E-state index in [4.69, 9.17) is 5.73 Å². The molecule has 0 radical (unpaired) electrons. The molecular weight excluding hydrogens is 367 g/mol. The van der Waals surface area contributed by atoms with Crippen molar-refractivity contribution in [1.29, 1.82) is 0 Å². The zero-order valence-electron chi connectivity index (χ0n) is 14.0. The van der Waals surface area contributed by atoms with Gasteiger partial charge in [0.25, 0.3) is 5.91 Å². The summed E-state index contributed by atoms with van der Waals surface area (Å²) >= 11 is 1.46. The van der Waals surface area contributed by atoms with Gasteiger partial charge in [0.1, 0.15) is 5.69 Å². The number of nitrogens with two attached hydrogens (primary N) is 1. The molecule has 0 aliphatic rings. The van der Waals surface area contributed by atoms with Crippen LogP contribution in [-0.4, -0.2) is 30.5 Å². The van der Waals surface area contributed by atoms with Gasteiger partial charge in [0, 0.05) is 36.3 Å². The maximum Gasteiger partial charge on any atom is 0.275 e. The molecule has 2 aromatic rings. The van der Waals surface area contributed by atoms with Gasteiger partial charge in [0.15, 0.2) is 0 Å². The van der Waals surface area contributed by atoms with Crippen LogP contribution in [0, 0.1) is 0 Å². The van der Waals surface area contributed by atoms with Crippen molar-refractivity contribution in [1.82, 2.24) is 4.98 Å². The van der Waals surface area contributed by atoms with Crippen molar-refractivity contribution in [2.45, 2.75) is 26.3 Å². The van der Waals surface area contributed by atoms with Crippen molar-refractivity contribution >= 4 is 53.4 Å². The van der Waals surface area contributed by atoms with Crippen LogP contribution >= 0.6 is 36.2 Å². The summed E-state index contributed by atoms with van der Waals surface area (Å²) in [4.78, 5) is 18.7. The number of thiazole rings is 1. The molecule has 0 unspecified atom stereocenters. The number of aromatic nitrogens is 1. The van der Waals surface area contributed by atoms with Gasteiger partial charge in [-0.3, -0.25) is 4.79 Å². The Kier molecular flexibility index (Phi) is 9.92. The van der Waals surface area contributed by atoms with Crippen LogP contribution in [0.2, 0.25) is 0 Å². The lowest BCUT2D eigenvalue weighted by Gasteiger charge is -2.24. The summed E-state index contributed by atoms with van der Waals surface area (Å²) in [5.74, 6) is -0.191. The van der Waals surface area contributed by atoms with E-state index in [-0.39, 0.29) is 30.7 Å². The van der Waals surface area contributed by atoms with E-state index in [1.54, 1.807) is 5.38 Å². The first-order valence-corrected chi connectivity index (χ1v) is 8.18. The third kappa shape index (κ3) is 5.94. The molecule has 0 aliphatic heterocycles. The highest BCUT2D eigenvalue weighted by molar-refractivity contribution is 7.09. The molecule has 5 nitrogen and oxygen atoms in total. The minimum Gasteiger partial charge on any atom is -0.372 e. The minimum absolute atomic E-state index is 0. The van der Waals surface area contributed by atoms with Crippen molar-refractivity contribution in [2.75, 3.05) is 23.8 Å². The number of benzene rings is 1. The topological polar surface area (TPSA) is 71.2 Å². The van der Waals surface area contributed by atoms with Crippen LogP contribution in [0.4, 0.5) is 11.4 Å². The van der Waals surface area contributed by atoms with Crippen LogP contribution in [0.3, 0.4) is 0 Å². The van der Waals surface area contributed by atoms with E-state index in [0.717, 1.165) is 16.4 Å². The highest BCUT2D eigenvalue weighted by Crippen LogP contribution is 2.21. The maximum absolute atomic E-state index is 12.2. The lowest BCUT2D eigenvalue weighted by molar-refractivity contribution is 0.102. The molecule has 8 heteroatoms. The second kappa shape index (κ2) is 10.5. The molecule has 2 rings (SSSR count). The summed E-state index contributed by atoms with van der Waals surface area (Å²) in [5.41, 5.74) is 7.77. The Morgan fingerprint density at radius 1 is 1.38 bits per heavy atom. The van der Waals surface area contributed by atoms with Crippen molar-refractivity contribution in [3.63, 3.8) is 0 Å². The summed E-state index contributed by atoms with van der Waals surface area (Å²) in [7, 11) is 2.03. The van der Waals surface area contributed by atoms with E-state index in [2.05, 4.69) is 29.0 Å². The molecule has 0 fully saturated rings. The van der Waals surface area contributed by atoms with E-state index >= 15 is 0 Å². The number of nitrogens with zero attached hydrogens (tertiary/aromatic N) is 2. The van der Waals surface area contributed by atoms with Gasteiger partial charge < -0.3 is 16.0 Å². The third-order valence-corrected chi connectivity index (χ3v) is 4.34. The van der Waals surface area contributed by atoms with Gasteiger partial charge in [0.2, 0.25) is 0 Å². The van der Waals surface area contributed by atoms with Crippen molar-refractivity contribution in [2.24, 2.45) is 5.73 Å². The normalized spacial score (nSPS) is 9.88. The maximum atomic E-state index is 12.2. The smallest absolute Gasteiger partial charge is 0.275 e. The Morgan fingerprint density at radius 3 is 2.71 bits per heavy atom. The predicted molar refractivity (Wildman–Crippen MR) is 107 cm³/mol. The van der Waals surface area contributed by atoms with Crippen molar-refractivity contribution < 1.29 is 4.79 Å². The first kappa shape index (κ1) is 22.7. The summed E-state index contributed by atoms with van der Waals surface area (Å²) in [6.45, 7) is 4.79. The number of carbonyl (C=O) groups is 1. The first-order valence-electron chi connectivity index (χ1n) is 7.30. The highest BCUT2D eigenvalue weighted by Gasteiger charge is 2.12. The van der Waals surface area contributed by atoms with Crippen LogP contribution in [-0.2, 0) is 6.42 Å². The lowest BCUT2D eigenvalue weighted by atomic mass is 10.2. The summed E-state index contributed by atoms with van der Waals surface area (Å²) < 4.78 is 0. The number of hydrogen-bond donors (Lipinski definition) is 2. The largest absolute Gasteiger partial charge is 0.372 e. The number of carbonyl (C=O) groups excluding carboxylic acids is 1. The van der Waals surface area contributed by atoms with Gasteiger partial charge in [0.05, 0.1) is 5.01 Å². The summed E-state index contributed by atoms with van der Waals surface area (Å²) in [5, 5.41) is 5.55. The average Bonchev–Trinajstić information content (AvgIpc) is 2.96. The Morgan fingerprint density at radius 2 is 2.08 bits per heavy atom. The molecule has 1 heterocycles. The van der Waals surface area contributed by atoms with Gasteiger partial charge >= 0.3 is 0 Å². The van der Waals surface area contributed by atoms with Crippen LogP contribution in [0.1, 0.15) is 29.3 Å². The van der Waals surface area contributed by atoms with E-state index in [0.29, 0.717) is 24.7 Å². The second-order valence-electron chi connectivity index (χ2n) is 5.37. The molecule has 0 saturated heterocycles. The monoisotopic (exact) mass is 390 g/mol. The Bertz CT molecular complexity index is 649. The fourth-order valence-electron chi connectivity index (χ4n) is 1.95. The summed E-state index contributed by atoms with van der Waals surface area (Å²) in [6, 6.07) is 8.19. The van der Waals surface area contributed by atoms with E-state index in [9.17, 15) is 4.79 Å². The van der Waals surface area contributed by atoms with Gasteiger partial charge in [-0.2, -0.15) is 0 Å². The molecule has 3 N–H and O–H groups in total. The quantitative estimate of drug-likeness (QED) is 0.790. The zero-order valence-corrected chi connectivity index (χ0v) is 16.4. The molecule has 1 aromatic carbocycles. The molecule has 0 spiro atoms. The zero-order chi connectivity index (χ0) is 16.1. The molecule has 134 valence electrons. The fourth-order valence-corrected chi connectivity index (χ4v) is 2.74. The number of halogens is 2. The average molecular weight is 391 g/mol. The summed E-state index contributed by atoms with van der Waals surface area (Å²) in [6.07, 6.45) is 0.701. The molecule has 0 atom stereocenters. The third-order valence-electron chi connectivity index (χ3n) is 3.43. The molecule has 1 aromatic heterocycles. The lowest BCUT2D eigenvalue weighted by Crippen LogP contribution is -2.25. The number of anilines is 2. The van der Waals surface area contributed by atoms with Crippen molar-refractivity contribution in [3.05, 3.63) is 40.3 Å². The Balaban J connectivity index is 0.00000264. The molecule has 0 bridgehead atoms. The van der Waals surface area contributed by atoms with Gasteiger partial charge in [-0.25, -0.2) is 4.98 Å². The number of rotatable bonds is 6. The fraction of sp³-hybridized carbons (Fsp3) is 0.375. The van der Waals surface area contributed by atoms with Gasteiger partial charge in [-0.1, -0.05) is 6.07 Å². The number of amides is 1.